The number of nitrogens with zero attached hydrogens (tertiary/aromatic N) is 1. The van der Waals surface area contributed by atoms with Crippen LogP contribution in [0.3, 0.4) is 0 Å². The summed E-state index contributed by atoms with van der Waals surface area (Å²) in [6.07, 6.45) is 3.77. The number of nitrogens with one attached hydrogen (secondary N) is 1. The summed E-state index contributed by atoms with van der Waals surface area (Å²) in [6, 6.07) is 10.9. The summed E-state index contributed by atoms with van der Waals surface area (Å²) in [7, 11) is 0. The summed E-state index contributed by atoms with van der Waals surface area (Å²) in [4.78, 5) is 4.17. The fraction of sp³-hybridized carbons (Fsp3) is 0.312. The molecule has 1 aromatic heterocycles. The second-order valence-electron chi connectivity index (χ2n) is 4.76. The second kappa shape index (κ2) is 5.78. The Hall–Kier alpha value is -1.67. The van der Waals surface area contributed by atoms with Gasteiger partial charge in [0.25, 0.3) is 0 Å². The first-order chi connectivity index (χ1) is 8.68. The van der Waals surface area contributed by atoms with Crippen LogP contribution < -0.4 is 5.32 Å². The van der Waals surface area contributed by atoms with Crippen molar-refractivity contribution in [1.82, 2.24) is 10.3 Å². The van der Waals surface area contributed by atoms with Crippen LogP contribution in [0.25, 0.3) is 0 Å². The van der Waals surface area contributed by atoms with Gasteiger partial charge in [0.2, 0.25) is 0 Å². The molecule has 1 N–H and O–H groups in total. The van der Waals surface area contributed by atoms with Gasteiger partial charge in [0, 0.05) is 25.0 Å². The van der Waals surface area contributed by atoms with Crippen LogP contribution in [0.1, 0.15) is 35.2 Å². The average molecular weight is 240 g/mol. The van der Waals surface area contributed by atoms with Crippen LogP contribution in [0.15, 0.2) is 42.7 Å². The number of benzene rings is 1. The minimum absolute atomic E-state index is 0.353. The minimum Gasteiger partial charge on any atom is -0.306 e. The predicted octanol–water partition coefficient (Wildman–Crippen LogP) is 3.55. The molecule has 0 bridgehead atoms. The van der Waals surface area contributed by atoms with E-state index < -0.39 is 0 Å². The molecule has 1 atom stereocenters. The first-order valence-electron chi connectivity index (χ1n) is 6.37. The lowest BCUT2D eigenvalue weighted by atomic mass is 10.0. The van der Waals surface area contributed by atoms with E-state index in [1.54, 1.807) is 0 Å². The maximum absolute atomic E-state index is 4.17. The predicted molar refractivity (Wildman–Crippen MR) is 75.4 cm³/mol. The molecular weight excluding hydrogens is 220 g/mol. The number of hydrogen-bond donors (Lipinski definition) is 1. The summed E-state index contributed by atoms with van der Waals surface area (Å²) >= 11 is 0. The molecule has 0 saturated heterocycles. The molecule has 2 nitrogen and oxygen atoms in total. The summed E-state index contributed by atoms with van der Waals surface area (Å²) in [5.74, 6) is 0. The first kappa shape index (κ1) is 12.8. The Morgan fingerprint density at radius 2 is 1.89 bits per heavy atom. The molecule has 0 saturated carbocycles. The third-order valence-corrected chi connectivity index (χ3v) is 3.40. The van der Waals surface area contributed by atoms with Crippen molar-refractivity contribution in [3.63, 3.8) is 0 Å². The van der Waals surface area contributed by atoms with Crippen LogP contribution in [0.5, 0.6) is 0 Å². The molecule has 2 heteroatoms. The van der Waals surface area contributed by atoms with Gasteiger partial charge < -0.3 is 5.32 Å². The average Bonchev–Trinajstić information content (AvgIpc) is 2.38. The van der Waals surface area contributed by atoms with Gasteiger partial charge in [-0.3, -0.25) is 4.98 Å². The van der Waals surface area contributed by atoms with Crippen LogP contribution in [-0.4, -0.2) is 4.98 Å². The third-order valence-electron chi connectivity index (χ3n) is 3.40. The van der Waals surface area contributed by atoms with Crippen molar-refractivity contribution >= 4 is 0 Å². The van der Waals surface area contributed by atoms with Crippen LogP contribution in [0.4, 0.5) is 0 Å². The summed E-state index contributed by atoms with van der Waals surface area (Å²) in [5, 5.41) is 3.56. The topological polar surface area (TPSA) is 24.9 Å². The molecule has 2 rings (SSSR count). The zero-order valence-electron chi connectivity index (χ0n) is 11.3. The smallest absolute Gasteiger partial charge is 0.0315 e. The van der Waals surface area contributed by atoms with E-state index in [-0.39, 0.29) is 0 Å². The van der Waals surface area contributed by atoms with Crippen molar-refractivity contribution in [2.45, 2.75) is 33.4 Å². The molecule has 0 unspecified atom stereocenters. The molecule has 0 fully saturated rings. The molecule has 0 aliphatic rings. The van der Waals surface area contributed by atoms with E-state index in [1.807, 2.05) is 12.4 Å². The number of hydrogen-bond acceptors (Lipinski definition) is 2. The monoisotopic (exact) mass is 240 g/mol. The molecule has 2 aromatic rings. The molecule has 1 aromatic carbocycles. The Morgan fingerprint density at radius 3 is 2.61 bits per heavy atom. The molecule has 0 aliphatic heterocycles. The highest BCUT2D eigenvalue weighted by Gasteiger charge is 2.07. The molecular formula is C16H20N2. The fourth-order valence-electron chi connectivity index (χ4n) is 2.13. The van der Waals surface area contributed by atoms with Gasteiger partial charge in [-0.25, -0.2) is 0 Å². The van der Waals surface area contributed by atoms with E-state index in [1.165, 1.54) is 22.3 Å². The van der Waals surface area contributed by atoms with Crippen molar-refractivity contribution in [3.05, 3.63) is 65.0 Å². The Bertz CT molecular complexity index is 520. The van der Waals surface area contributed by atoms with Gasteiger partial charge in [0.1, 0.15) is 0 Å². The van der Waals surface area contributed by atoms with Gasteiger partial charge in [-0.2, -0.15) is 0 Å². The molecule has 0 spiro atoms. The standard InChI is InChI=1S/C16H20N2/c1-12-8-9-17-10-15(12)11-18-14(3)16-7-5-4-6-13(16)2/h4-10,14,18H,11H2,1-3H3/t14-/m1/s1. The highest BCUT2D eigenvalue weighted by atomic mass is 14.9. The van der Waals surface area contributed by atoms with E-state index in [0.29, 0.717) is 6.04 Å². The van der Waals surface area contributed by atoms with E-state index in [9.17, 15) is 0 Å². The fourth-order valence-corrected chi connectivity index (χ4v) is 2.13. The molecule has 18 heavy (non-hydrogen) atoms. The first-order valence-corrected chi connectivity index (χ1v) is 6.37. The van der Waals surface area contributed by atoms with Gasteiger partial charge in [-0.05, 0) is 49.1 Å². The lowest BCUT2D eigenvalue weighted by Crippen LogP contribution is -2.19. The largest absolute Gasteiger partial charge is 0.306 e. The van der Waals surface area contributed by atoms with Gasteiger partial charge in [0.05, 0.1) is 0 Å². The zero-order chi connectivity index (χ0) is 13.0. The Balaban J connectivity index is 2.03. The number of aromatic nitrogens is 1. The van der Waals surface area contributed by atoms with Crippen LogP contribution in [0.2, 0.25) is 0 Å². The molecule has 1 heterocycles. The van der Waals surface area contributed by atoms with Crippen LogP contribution >= 0.6 is 0 Å². The summed E-state index contributed by atoms with van der Waals surface area (Å²) < 4.78 is 0. The van der Waals surface area contributed by atoms with E-state index in [4.69, 9.17) is 0 Å². The molecule has 0 amide bonds. The summed E-state index contributed by atoms with van der Waals surface area (Å²) in [5.41, 5.74) is 5.24. The van der Waals surface area contributed by atoms with Gasteiger partial charge in [0.15, 0.2) is 0 Å². The van der Waals surface area contributed by atoms with Gasteiger partial charge >= 0.3 is 0 Å². The zero-order valence-corrected chi connectivity index (χ0v) is 11.3. The maximum Gasteiger partial charge on any atom is 0.0315 e. The highest BCUT2D eigenvalue weighted by Crippen LogP contribution is 2.17. The van der Waals surface area contributed by atoms with Crippen LogP contribution in [0, 0.1) is 13.8 Å². The SMILES string of the molecule is Cc1ccncc1CN[C@H](C)c1ccccc1C. The van der Waals surface area contributed by atoms with E-state index in [2.05, 4.69) is 61.4 Å². The van der Waals surface area contributed by atoms with Crippen molar-refractivity contribution in [2.24, 2.45) is 0 Å². The Kier molecular flexibility index (Phi) is 4.11. The second-order valence-corrected chi connectivity index (χ2v) is 4.76. The molecule has 0 radical (unpaired) electrons. The van der Waals surface area contributed by atoms with Gasteiger partial charge in [-0.15, -0.1) is 0 Å². The lowest BCUT2D eigenvalue weighted by Gasteiger charge is -2.17. The lowest BCUT2D eigenvalue weighted by molar-refractivity contribution is 0.570. The van der Waals surface area contributed by atoms with E-state index >= 15 is 0 Å². The summed E-state index contributed by atoms with van der Waals surface area (Å²) in [6.45, 7) is 7.34. The van der Waals surface area contributed by atoms with E-state index in [0.717, 1.165) is 6.54 Å². The molecule has 0 aliphatic carbocycles. The maximum atomic E-state index is 4.17. The molecule has 94 valence electrons. The van der Waals surface area contributed by atoms with Crippen molar-refractivity contribution in [3.8, 4) is 0 Å². The Labute approximate surface area is 109 Å². The number of pyridine rings is 1. The number of aryl methyl sites for hydroxylation is 2. The van der Waals surface area contributed by atoms with Gasteiger partial charge in [-0.1, -0.05) is 24.3 Å². The van der Waals surface area contributed by atoms with Crippen molar-refractivity contribution in [2.75, 3.05) is 0 Å². The van der Waals surface area contributed by atoms with Crippen LogP contribution in [-0.2, 0) is 6.54 Å². The minimum atomic E-state index is 0.353. The Morgan fingerprint density at radius 1 is 1.11 bits per heavy atom. The van der Waals surface area contributed by atoms with Crippen molar-refractivity contribution < 1.29 is 0 Å². The third kappa shape index (κ3) is 2.96. The highest BCUT2D eigenvalue weighted by molar-refractivity contribution is 5.28. The van der Waals surface area contributed by atoms with Crippen molar-refractivity contribution in [1.29, 1.82) is 0 Å². The number of rotatable bonds is 4. The quantitative estimate of drug-likeness (QED) is 0.884. The normalized spacial score (nSPS) is 12.4.